The Hall–Kier alpha value is -2.89. The zero-order valence-corrected chi connectivity index (χ0v) is 14.1. The minimum atomic E-state index is -0.0398. The quantitative estimate of drug-likeness (QED) is 0.716. The van der Waals surface area contributed by atoms with Crippen LogP contribution in [-0.4, -0.2) is 25.9 Å². The fourth-order valence-corrected chi connectivity index (χ4v) is 3.30. The number of benzene rings is 1. The summed E-state index contributed by atoms with van der Waals surface area (Å²) in [4.78, 5) is 18.6. The predicted molar refractivity (Wildman–Crippen MR) is 96.5 cm³/mol. The number of rotatable bonds is 5. The van der Waals surface area contributed by atoms with Gasteiger partial charge < -0.3 is 9.47 Å². The summed E-state index contributed by atoms with van der Waals surface area (Å²) in [6.45, 7) is 3.20. The first-order chi connectivity index (χ1) is 12.3. The van der Waals surface area contributed by atoms with Crippen molar-refractivity contribution < 1.29 is 0 Å². The van der Waals surface area contributed by atoms with E-state index in [0.29, 0.717) is 6.54 Å². The van der Waals surface area contributed by atoms with Crippen molar-refractivity contribution in [3.8, 4) is 0 Å². The number of hydrogen-bond acceptors (Lipinski definition) is 4. The van der Waals surface area contributed by atoms with Crippen LogP contribution in [0.5, 0.6) is 0 Å². The Morgan fingerprint density at radius 2 is 2.00 bits per heavy atom. The molecule has 0 N–H and O–H groups in total. The van der Waals surface area contributed by atoms with Crippen LogP contribution in [0.3, 0.4) is 0 Å². The number of anilines is 1. The Labute approximate surface area is 146 Å². The van der Waals surface area contributed by atoms with E-state index < -0.39 is 0 Å². The second kappa shape index (κ2) is 6.93. The van der Waals surface area contributed by atoms with Gasteiger partial charge in [0.15, 0.2) is 0 Å². The van der Waals surface area contributed by atoms with Gasteiger partial charge in [0.05, 0.1) is 18.2 Å². The first-order valence-electron chi connectivity index (χ1n) is 8.64. The average Bonchev–Trinajstić information content (AvgIpc) is 3.16. The van der Waals surface area contributed by atoms with Crippen molar-refractivity contribution in [3.63, 3.8) is 0 Å². The van der Waals surface area contributed by atoms with E-state index in [-0.39, 0.29) is 5.56 Å². The molecule has 3 heterocycles. The lowest BCUT2D eigenvalue weighted by atomic mass is 10.00. The molecule has 0 radical (unpaired) electrons. The maximum atomic E-state index is 12.4. The third kappa shape index (κ3) is 3.47. The number of nitrogens with zero attached hydrogens (tertiary/aromatic N) is 5. The van der Waals surface area contributed by atoms with Gasteiger partial charge in [-0.15, -0.1) is 0 Å². The molecule has 6 heteroatoms. The van der Waals surface area contributed by atoms with E-state index in [9.17, 15) is 4.79 Å². The van der Waals surface area contributed by atoms with Crippen LogP contribution >= 0.6 is 0 Å². The Bertz CT molecular complexity index is 900. The van der Waals surface area contributed by atoms with E-state index in [4.69, 9.17) is 0 Å². The summed E-state index contributed by atoms with van der Waals surface area (Å²) < 4.78 is 3.54. The maximum absolute atomic E-state index is 12.4. The normalized spacial score (nSPS) is 13.7. The molecule has 128 valence electrons. The van der Waals surface area contributed by atoms with Gasteiger partial charge in [-0.1, -0.05) is 24.3 Å². The molecule has 0 atom stereocenters. The van der Waals surface area contributed by atoms with Crippen molar-refractivity contribution >= 4 is 5.69 Å². The highest BCUT2D eigenvalue weighted by Gasteiger charge is 2.17. The second-order valence-electron chi connectivity index (χ2n) is 6.37. The molecule has 0 fully saturated rings. The summed E-state index contributed by atoms with van der Waals surface area (Å²) in [5.41, 5.74) is 3.60. The summed E-state index contributed by atoms with van der Waals surface area (Å²) in [7, 11) is 0. The third-order valence-corrected chi connectivity index (χ3v) is 4.70. The van der Waals surface area contributed by atoms with Crippen molar-refractivity contribution in [1.82, 2.24) is 19.3 Å². The Balaban J connectivity index is 1.42. The monoisotopic (exact) mass is 335 g/mol. The smallest absolute Gasteiger partial charge is 0.268 e. The molecular formula is C19H21N5O. The second-order valence-corrected chi connectivity index (χ2v) is 6.37. The van der Waals surface area contributed by atoms with Gasteiger partial charge in [0, 0.05) is 44.6 Å². The molecule has 1 aromatic carbocycles. The summed E-state index contributed by atoms with van der Waals surface area (Å²) in [6.07, 6.45) is 9.13. The predicted octanol–water partition coefficient (Wildman–Crippen LogP) is 2.09. The number of aromatic nitrogens is 4. The molecule has 4 rings (SSSR count). The van der Waals surface area contributed by atoms with Crippen LogP contribution in [0.4, 0.5) is 5.69 Å². The number of hydrogen-bond donors (Lipinski definition) is 0. The van der Waals surface area contributed by atoms with Crippen LogP contribution in [-0.2, 0) is 26.1 Å². The zero-order chi connectivity index (χ0) is 17.1. The van der Waals surface area contributed by atoms with E-state index in [2.05, 4.69) is 39.2 Å². The molecule has 0 saturated heterocycles. The van der Waals surface area contributed by atoms with Crippen molar-refractivity contribution in [3.05, 3.63) is 76.7 Å². The first-order valence-corrected chi connectivity index (χ1v) is 8.64. The van der Waals surface area contributed by atoms with Gasteiger partial charge in [0.2, 0.25) is 0 Å². The molecule has 0 saturated carbocycles. The lowest BCUT2D eigenvalue weighted by Gasteiger charge is -2.30. The maximum Gasteiger partial charge on any atom is 0.268 e. The van der Waals surface area contributed by atoms with Gasteiger partial charge in [-0.25, -0.2) is 9.67 Å². The fourth-order valence-electron chi connectivity index (χ4n) is 3.30. The molecule has 0 aliphatic carbocycles. The van der Waals surface area contributed by atoms with Crippen molar-refractivity contribution in [1.29, 1.82) is 0 Å². The average molecular weight is 335 g/mol. The fraction of sp³-hybridized carbons (Fsp3) is 0.316. The number of aryl methyl sites for hydroxylation is 2. The van der Waals surface area contributed by atoms with Gasteiger partial charge in [0.1, 0.15) is 0 Å². The third-order valence-electron chi connectivity index (χ3n) is 4.70. The number of fused-ring (bicyclic) bond motifs is 1. The van der Waals surface area contributed by atoms with Crippen molar-refractivity contribution in [2.45, 2.75) is 32.5 Å². The molecule has 1 aliphatic rings. The van der Waals surface area contributed by atoms with E-state index in [1.54, 1.807) is 23.3 Å². The Morgan fingerprint density at radius 3 is 2.80 bits per heavy atom. The van der Waals surface area contributed by atoms with Crippen LogP contribution in [0.2, 0.25) is 0 Å². The molecule has 3 aromatic rings. The lowest BCUT2D eigenvalue weighted by molar-refractivity contribution is 0.506. The summed E-state index contributed by atoms with van der Waals surface area (Å²) >= 11 is 0. The van der Waals surface area contributed by atoms with Gasteiger partial charge in [-0.2, -0.15) is 5.10 Å². The zero-order valence-electron chi connectivity index (χ0n) is 14.1. The molecule has 1 aliphatic heterocycles. The highest BCUT2D eigenvalue weighted by molar-refractivity contribution is 5.47. The minimum absolute atomic E-state index is 0.0398. The van der Waals surface area contributed by atoms with Crippen LogP contribution < -0.4 is 10.5 Å². The standard InChI is InChI=1S/C19H21N5O/c25-19-12-18(23-10-6-16-4-1-2-5-17(16)14-23)13-21-24(19)9-3-8-22-11-7-20-15-22/h1-2,4-5,7,11-13,15H,3,6,8-10,14H2. The van der Waals surface area contributed by atoms with Crippen LogP contribution in [0, 0.1) is 0 Å². The highest BCUT2D eigenvalue weighted by Crippen LogP contribution is 2.22. The lowest BCUT2D eigenvalue weighted by Crippen LogP contribution is -2.32. The van der Waals surface area contributed by atoms with Gasteiger partial charge in [-0.05, 0) is 24.0 Å². The summed E-state index contributed by atoms with van der Waals surface area (Å²) in [6, 6.07) is 10.2. The van der Waals surface area contributed by atoms with Gasteiger partial charge in [0.25, 0.3) is 5.56 Å². The van der Waals surface area contributed by atoms with Gasteiger partial charge in [-0.3, -0.25) is 4.79 Å². The van der Waals surface area contributed by atoms with Gasteiger partial charge >= 0.3 is 0 Å². The summed E-state index contributed by atoms with van der Waals surface area (Å²) in [5.74, 6) is 0. The van der Waals surface area contributed by atoms with E-state index in [1.165, 1.54) is 11.1 Å². The highest BCUT2D eigenvalue weighted by atomic mass is 16.1. The first kappa shape index (κ1) is 15.6. The molecule has 2 aromatic heterocycles. The van der Waals surface area contributed by atoms with Crippen LogP contribution in [0.25, 0.3) is 0 Å². The van der Waals surface area contributed by atoms with Crippen molar-refractivity contribution in [2.24, 2.45) is 0 Å². The SMILES string of the molecule is O=c1cc(N2CCc3ccccc3C2)cnn1CCCn1ccnc1. The van der Waals surface area contributed by atoms with E-state index in [0.717, 1.165) is 38.2 Å². The molecule has 0 spiro atoms. The van der Waals surface area contributed by atoms with E-state index in [1.807, 2.05) is 17.0 Å². The molecule has 0 unspecified atom stereocenters. The van der Waals surface area contributed by atoms with E-state index >= 15 is 0 Å². The molecule has 0 amide bonds. The van der Waals surface area contributed by atoms with Crippen LogP contribution in [0.15, 0.2) is 60.0 Å². The molecule has 0 bridgehead atoms. The molecule has 25 heavy (non-hydrogen) atoms. The topological polar surface area (TPSA) is 56.0 Å². The Kier molecular flexibility index (Phi) is 4.33. The summed E-state index contributed by atoms with van der Waals surface area (Å²) in [5, 5.41) is 4.37. The minimum Gasteiger partial charge on any atom is -0.365 e. The number of imidazole rings is 1. The molecular weight excluding hydrogens is 314 g/mol. The van der Waals surface area contributed by atoms with Crippen molar-refractivity contribution in [2.75, 3.05) is 11.4 Å². The van der Waals surface area contributed by atoms with Crippen LogP contribution in [0.1, 0.15) is 17.5 Å². The molecule has 6 nitrogen and oxygen atoms in total. The Morgan fingerprint density at radius 1 is 1.12 bits per heavy atom. The largest absolute Gasteiger partial charge is 0.365 e.